The first-order chi connectivity index (χ1) is 10.8. The number of ether oxygens (including phenoxy) is 2. The molecule has 0 amide bonds. The predicted octanol–water partition coefficient (Wildman–Crippen LogP) is 2.84. The van der Waals surface area contributed by atoms with Gasteiger partial charge in [-0.3, -0.25) is 4.90 Å². The number of nitrogens with one attached hydrogen (secondary N) is 1. The van der Waals surface area contributed by atoms with Gasteiger partial charge in [-0.2, -0.15) is 0 Å². The Morgan fingerprint density at radius 3 is 2.82 bits per heavy atom. The van der Waals surface area contributed by atoms with E-state index in [4.69, 9.17) is 9.47 Å². The van der Waals surface area contributed by atoms with Crippen molar-refractivity contribution in [3.63, 3.8) is 0 Å². The highest BCUT2D eigenvalue weighted by Crippen LogP contribution is 2.25. The van der Waals surface area contributed by atoms with Crippen LogP contribution in [0.5, 0.6) is 5.75 Å². The number of aryl methyl sites for hydroxylation is 1. The molecule has 0 bridgehead atoms. The van der Waals surface area contributed by atoms with Gasteiger partial charge in [-0.1, -0.05) is 6.07 Å². The number of nitrogens with zero attached hydrogens (tertiary/aromatic N) is 1. The highest BCUT2D eigenvalue weighted by molar-refractivity contribution is 9.10. The first kappa shape index (κ1) is 17.7. The molecule has 1 fully saturated rings. The lowest BCUT2D eigenvalue weighted by Crippen LogP contribution is -2.40. The van der Waals surface area contributed by atoms with Crippen LogP contribution < -0.4 is 10.1 Å². The predicted molar refractivity (Wildman–Crippen MR) is 93.7 cm³/mol. The number of halogens is 1. The number of hydrogen-bond acceptors (Lipinski definition) is 4. The van der Waals surface area contributed by atoms with E-state index in [9.17, 15) is 0 Å². The van der Waals surface area contributed by atoms with Crippen molar-refractivity contribution < 1.29 is 9.47 Å². The lowest BCUT2D eigenvalue weighted by molar-refractivity contribution is 0.0384. The zero-order chi connectivity index (χ0) is 15.6. The van der Waals surface area contributed by atoms with Gasteiger partial charge in [0, 0.05) is 26.2 Å². The Kier molecular flexibility index (Phi) is 8.23. The van der Waals surface area contributed by atoms with E-state index >= 15 is 0 Å². The smallest absolute Gasteiger partial charge is 0.133 e. The number of unbranched alkanes of at least 4 members (excludes halogenated alkanes) is 1. The van der Waals surface area contributed by atoms with Crippen LogP contribution in [-0.2, 0) is 4.74 Å². The topological polar surface area (TPSA) is 33.7 Å². The third-order valence-corrected chi connectivity index (χ3v) is 4.42. The average Bonchev–Trinajstić information content (AvgIpc) is 2.52. The molecule has 1 aromatic carbocycles. The summed E-state index contributed by atoms with van der Waals surface area (Å²) >= 11 is 3.54. The SMILES string of the molecule is Cc1ccc(OCCCCNCCN2CCOCC2)c(Br)c1. The molecule has 1 aliphatic rings. The van der Waals surface area contributed by atoms with Gasteiger partial charge in [-0.15, -0.1) is 0 Å². The molecule has 22 heavy (non-hydrogen) atoms. The molecule has 5 heteroatoms. The summed E-state index contributed by atoms with van der Waals surface area (Å²) in [6, 6.07) is 6.19. The maximum atomic E-state index is 5.80. The van der Waals surface area contributed by atoms with Crippen LogP contribution in [0.15, 0.2) is 22.7 Å². The molecule has 0 radical (unpaired) electrons. The largest absolute Gasteiger partial charge is 0.492 e. The molecule has 1 aliphatic heterocycles. The standard InChI is InChI=1S/C17H27BrN2O2/c1-15-4-5-17(16(18)14-15)22-11-3-2-6-19-7-8-20-9-12-21-13-10-20/h4-5,14,19H,2-3,6-13H2,1H3. The molecule has 1 saturated heterocycles. The number of benzene rings is 1. The lowest BCUT2D eigenvalue weighted by Gasteiger charge is -2.26. The molecule has 4 nitrogen and oxygen atoms in total. The van der Waals surface area contributed by atoms with Gasteiger partial charge in [0.15, 0.2) is 0 Å². The van der Waals surface area contributed by atoms with E-state index in [0.29, 0.717) is 0 Å². The van der Waals surface area contributed by atoms with Crippen LogP contribution in [0.1, 0.15) is 18.4 Å². The minimum Gasteiger partial charge on any atom is -0.492 e. The maximum Gasteiger partial charge on any atom is 0.133 e. The lowest BCUT2D eigenvalue weighted by atomic mass is 10.2. The number of rotatable bonds is 9. The molecule has 1 heterocycles. The normalized spacial score (nSPS) is 15.9. The average molecular weight is 371 g/mol. The summed E-state index contributed by atoms with van der Waals surface area (Å²) in [6.45, 7) is 9.99. The van der Waals surface area contributed by atoms with Gasteiger partial charge >= 0.3 is 0 Å². The zero-order valence-corrected chi connectivity index (χ0v) is 15.0. The Morgan fingerprint density at radius 1 is 1.23 bits per heavy atom. The molecule has 0 spiro atoms. The maximum absolute atomic E-state index is 5.80. The van der Waals surface area contributed by atoms with Gasteiger partial charge in [0.25, 0.3) is 0 Å². The second-order valence-electron chi connectivity index (χ2n) is 5.69. The fourth-order valence-electron chi connectivity index (χ4n) is 2.44. The van der Waals surface area contributed by atoms with Crippen LogP contribution in [-0.4, -0.2) is 57.4 Å². The van der Waals surface area contributed by atoms with Crippen molar-refractivity contribution in [3.8, 4) is 5.75 Å². The monoisotopic (exact) mass is 370 g/mol. The first-order valence-corrected chi connectivity index (χ1v) is 8.95. The van der Waals surface area contributed by atoms with E-state index in [1.54, 1.807) is 0 Å². The summed E-state index contributed by atoms with van der Waals surface area (Å²) in [6.07, 6.45) is 2.22. The quantitative estimate of drug-likeness (QED) is 0.677. The van der Waals surface area contributed by atoms with Crippen LogP contribution in [0.4, 0.5) is 0 Å². The Hall–Kier alpha value is -0.620. The summed E-state index contributed by atoms with van der Waals surface area (Å²) in [7, 11) is 0. The first-order valence-electron chi connectivity index (χ1n) is 8.15. The van der Waals surface area contributed by atoms with Gasteiger partial charge < -0.3 is 14.8 Å². The summed E-state index contributed by atoms with van der Waals surface area (Å²) in [5.74, 6) is 0.936. The second-order valence-corrected chi connectivity index (χ2v) is 6.55. The van der Waals surface area contributed by atoms with Crippen LogP contribution in [0, 0.1) is 6.92 Å². The molecular weight excluding hydrogens is 344 g/mol. The van der Waals surface area contributed by atoms with E-state index in [0.717, 1.165) is 75.6 Å². The minimum atomic E-state index is 0.771. The highest BCUT2D eigenvalue weighted by Gasteiger charge is 2.08. The van der Waals surface area contributed by atoms with E-state index in [1.807, 2.05) is 6.07 Å². The van der Waals surface area contributed by atoms with Crippen LogP contribution in [0.3, 0.4) is 0 Å². The van der Waals surface area contributed by atoms with Gasteiger partial charge in [-0.25, -0.2) is 0 Å². The molecule has 0 aromatic heterocycles. The highest BCUT2D eigenvalue weighted by atomic mass is 79.9. The number of hydrogen-bond donors (Lipinski definition) is 1. The van der Waals surface area contributed by atoms with Crippen molar-refractivity contribution >= 4 is 15.9 Å². The Bertz CT molecular complexity index is 437. The van der Waals surface area contributed by atoms with Crippen molar-refractivity contribution in [1.29, 1.82) is 0 Å². The van der Waals surface area contributed by atoms with E-state index < -0.39 is 0 Å². The van der Waals surface area contributed by atoms with E-state index in [1.165, 1.54) is 5.56 Å². The van der Waals surface area contributed by atoms with Gasteiger partial charge in [0.05, 0.1) is 24.3 Å². The minimum absolute atomic E-state index is 0.771. The molecule has 0 unspecified atom stereocenters. The summed E-state index contributed by atoms with van der Waals surface area (Å²) in [5.41, 5.74) is 1.24. The fraction of sp³-hybridized carbons (Fsp3) is 0.647. The van der Waals surface area contributed by atoms with Crippen molar-refractivity contribution in [3.05, 3.63) is 28.2 Å². The summed E-state index contributed by atoms with van der Waals surface area (Å²) in [5, 5.41) is 3.50. The van der Waals surface area contributed by atoms with Crippen molar-refractivity contribution in [2.45, 2.75) is 19.8 Å². The van der Waals surface area contributed by atoms with E-state index in [2.05, 4.69) is 45.2 Å². The molecule has 124 valence electrons. The van der Waals surface area contributed by atoms with Crippen molar-refractivity contribution in [1.82, 2.24) is 10.2 Å². The van der Waals surface area contributed by atoms with Gasteiger partial charge in [0.1, 0.15) is 5.75 Å². The second kappa shape index (κ2) is 10.2. The molecule has 0 atom stereocenters. The zero-order valence-electron chi connectivity index (χ0n) is 13.4. The molecule has 1 N–H and O–H groups in total. The van der Waals surface area contributed by atoms with Gasteiger partial charge in [-0.05, 0) is 59.9 Å². The van der Waals surface area contributed by atoms with Crippen LogP contribution >= 0.6 is 15.9 Å². The third-order valence-electron chi connectivity index (χ3n) is 3.80. The number of morpholine rings is 1. The third kappa shape index (κ3) is 6.65. The Morgan fingerprint density at radius 2 is 2.05 bits per heavy atom. The summed E-state index contributed by atoms with van der Waals surface area (Å²) in [4.78, 5) is 2.45. The van der Waals surface area contributed by atoms with E-state index in [-0.39, 0.29) is 0 Å². The molecule has 0 aliphatic carbocycles. The van der Waals surface area contributed by atoms with Crippen molar-refractivity contribution in [2.75, 3.05) is 52.5 Å². The fourth-order valence-corrected chi connectivity index (χ4v) is 3.05. The van der Waals surface area contributed by atoms with Crippen molar-refractivity contribution in [2.24, 2.45) is 0 Å². The molecule has 0 saturated carbocycles. The van der Waals surface area contributed by atoms with Crippen LogP contribution in [0.2, 0.25) is 0 Å². The molecule has 1 aromatic rings. The van der Waals surface area contributed by atoms with Crippen LogP contribution in [0.25, 0.3) is 0 Å². The summed E-state index contributed by atoms with van der Waals surface area (Å²) < 4.78 is 12.2. The Balaban J connectivity index is 1.45. The molecular formula is C17H27BrN2O2. The van der Waals surface area contributed by atoms with Gasteiger partial charge in [0.2, 0.25) is 0 Å². The molecule has 2 rings (SSSR count). The Labute approximate surface area is 142 Å².